The van der Waals surface area contributed by atoms with Crippen molar-refractivity contribution in [2.75, 3.05) is 5.32 Å². The summed E-state index contributed by atoms with van der Waals surface area (Å²) < 4.78 is 0. The van der Waals surface area contributed by atoms with E-state index in [1.165, 1.54) is 11.3 Å². The average Bonchev–Trinajstić information content (AvgIpc) is 2.88. The smallest absolute Gasteiger partial charge is 0.331 e. The van der Waals surface area contributed by atoms with E-state index in [-0.39, 0.29) is 5.92 Å². The lowest BCUT2D eigenvalue weighted by Crippen LogP contribution is -2.21. The van der Waals surface area contributed by atoms with Gasteiger partial charge >= 0.3 is 5.97 Å². The maximum atomic E-state index is 11.4. The first-order chi connectivity index (χ1) is 9.47. The van der Waals surface area contributed by atoms with Crippen LogP contribution in [0.25, 0.3) is 0 Å². The summed E-state index contributed by atoms with van der Waals surface area (Å²) in [6.45, 7) is 5.96. The van der Waals surface area contributed by atoms with E-state index in [1.807, 2.05) is 38.3 Å². The van der Waals surface area contributed by atoms with Crippen LogP contribution in [0.4, 0.5) is 5.95 Å². The van der Waals surface area contributed by atoms with Gasteiger partial charge in [0.1, 0.15) is 0 Å². The number of aliphatic carboxylic acids is 1. The molecule has 0 fully saturated rings. The van der Waals surface area contributed by atoms with Crippen molar-refractivity contribution in [3.05, 3.63) is 39.8 Å². The quantitative estimate of drug-likeness (QED) is 0.884. The van der Waals surface area contributed by atoms with E-state index in [9.17, 15) is 9.90 Å². The van der Waals surface area contributed by atoms with Gasteiger partial charge in [0, 0.05) is 16.3 Å². The fraction of sp³-hybridized carbons (Fsp3) is 0.357. The van der Waals surface area contributed by atoms with Gasteiger partial charge in [-0.05, 0) is 30.4 Å². The molecule has 2 rings (SSSR count). The molecule has 0 aromatic carbocycles. The molecule has 0 saturated carbocycles. The van der Waals surface area contributed by atoms with E-state index < -0.39 is 12.0 Å². The fourth-order valence-corrected chi connectivity index (χ4v) is 2.56. The van der Waals surface area contributed by atoms with Crippen LogP contribution in [0.3, 0.4) is 0 Å². The van der Waals surface area contributed by atoms with Gasteiger partial charge in [-0.15, -0.1) is 11.3 Å². The van der Waals surface area contributed by atoms with Gasteiger partial charge in [0.15, 0.2) is 6.04 Å². The van der Waals surface area contributed by atoms with Gasteiger partial charge in [-0.25, -0.2) is 14.8 Å². The van der Waals surface area contributed by atoms with Crippen molar-refractivity contribution in [2.45, 2.75) is 32.7 Å². The molecular formula is C14H17N3O2S. The van der Waals surface area contributed by atoms with Gasteiger partial charge in [-0.2, -0.15) is 0 Å². The fourth-order valence-electron chi connectivity index (χ4n) is 1.79. The first-order valence-corrected chi connectivity index (χ1v) is 7.23. The van der Waals surface area contributed by atoms with Crippen LogP contribution >= 0.6 is 11.3 Å². The molecule has 0 aliphatic rings. The number of carboxylic acids is 1. The topological polar surface area (TPSA) is 75.1 Å². The van der Waals surface area contributed by atoms with Gasteiger partial charge < -0.3 is 10.4 Å². The molecule has 0 radical (unpaired) electrons. The Balaban J connectivity index is 2.29. The highest BCUT2D eigenvalue weighted by molar-refractivity contribution is 7.10. The lowest BCUT2D eigenvalue weighted by molar-refractivity contribution is -0.138. The van der Waals surface area contributed by atoms with Crippen molar-refractivity contribution < 1.29 is 9.90 Å². The monoisotopic (exact) mass is 291 g/mol. The van der Waals surface area contributed by atoms with Crippen LogP contribution in [0.5, 0.6) is 0 Å². The van der Waals surface area contributed by atoms with Crippen LogP contribution < -0.4 is 5.32 Å². The Kier molecular flexibility index (Phi) is 4.34. The molecule has 0 aliphatic heterocycles. The highest BCUT2D eigenvalue weighted by Gasteiger charge is 2.22. The molecule has 1 atom stereocenters. The molecular weight excluding hydrogens is 274 g/mol. The molecule has 0 saturated heterocycles. The molecule has 20 heavy (non-hydrogen) atoms. The lowest BCUT2D eigenvalue weighted by atomic mass is 10.1. The minimum Gasteiger partial charge on any atom is -0.479 e. The van der Waals surface area contributed by atoms with Gasteiger partial charge in [0.05, 0.1) is 0 Å². The Morgan fingerprint density at radius 1 is 1.40 bits per heavy atom. The Hall–Kier alpha value is -1.95. The Morgan fingerprint density at radius 3 is 2.70 bits per heavy atom. The highest BCUT2D eigenvalue weighted by atomic mass is 32.1. The molecule has 0 spiro atoms. The van der Waals surface area contributed by atoms with E-state index in [0.717, 1.165) is 16.3 Å². The summed E-state index contributed by atoms with van der Waals surface area (Å²) in [5.41, 5.74) is 1.72. The van der Waals surface area contributed by atoms with E-state index in [0.29, 0.717) is 5.95 Å². The predicted octanol–water partition coefficient (Wildman–Crippen LogP) is 3.21. The largest absolute Gasteiger partial charge is 0.479 e. The van der Waals surface area contributed by atoms with Crippen LogP contribution in [0.2, 0.25) is 0 Å². The van der Waals surface area contributed by atoms with Crippen molar-refractivity contribution in [1.29, 1.82) is 0 Å². The highest BCUT2D eigenvalue weighted by Crippen LogP contribution is 2.23. The lowest BCUT2D eigenvalue weighted by Gasteiger charge is -2.15. The first-order valence-electron chi connectivity index (χ1n) is 6.35. The molecule has 0 bridgehead atoms. The Bertz CT molecular complexity index is 596. The van der Waals surface area contributed by atoms with Gasteiger partial charge in [0.25, 0.3) is 0 Å². The number of nitrogens with one attached hydrogen (secondary N) is 1. The molecule has 5 nitrogen and oxygen atoms in total. The summed E-state index contributed by atoms with van der Waals surface area (Å²) in [6, 6.07) is 4.71. The molecule has 0 aliphatic carbocycles. The number of aromatic nitrogens is 2. The SMILES string of the molecule is Cc1cc(C(C)C)nc(NC(C(=O)O)c2cccs2)n1. The third kappa shape index (κ3) is 3.33. The van der Waals surface area contributed by atoms with Gasteiger partial charge in [-0.3, -0.25) is 0 Å². The standard InChI is InChI=1S/C14H17N3O2S/c1-8(2)10-7-9(3)15-14(16-10)17-12(13(18)19)11-5-4-6-20-11/h4-8,12H,1-3H3,(H,18,19)(H,15,16,17). The maximum Gasteiger partial charge on any atom is 0.331 e. The molecule has 0 amide bonds. The minimum atomic E-state index is -0.941. The molecule has 1 unspecified atom stereocenters. The molecule has 6 heteroatoms. The van der Waals surface area contributed by atoms with Crippen molar-refractivity contribution >= 4 is 23.3 Å². The summed E-state index contributed by atoms with van der Waals surface area (Å²) in [4.78, 5) is 20.8. The van der Waals surface area contributed by atoms with Gasteiger partial charge in [0.2, 0.25) is 5.95 Å². The molecule has 2 N–H and O–H groups in total. The first kappa shape index (κ1) is 14.5. The zero-order valence-corrected chi connectivity index (χ0v) is 12.4. The number of nitrogens with zero attached hydrogens (tertiary/aromatic N) is 2. The average molecular weight is 291 g/mol. The molecule has 106 valence electrons. The van der Waals surface area contributed by atoms with E-state index in [4.69, 9.17) is 0 Å². The van der Waals surface area contributed by atoms with Crippen molar-refractivity contribution in [3.8, 4) is 0 Å². The van der Waals surface area contributed by atoms with E-state index in [1.54, 1.807) is 6.07 Å². The number of carbonyl (C=O) groups is 1. The second kappa shape index (κ2) is 6.00. The predicted molar refractivity (Wildman–Crippen MR) is 79.2 cm³/mol. The number of thiophene rings is 1. The van der Waals surface area contributed by atoms with Crippen molar-refractivity contribution in [2.24, 2.45) is 0 Å². The molecule has 2 aromatic rings. The summed E-state index contributed by atoms with van der Waals surface area (Å²) in [6.07, 6.45) is 0. The maximum absolute atomic E-state index is 11.4. The number of hydrogen-bond donors (Lipinski definition) is 2. The third-order valence-corrected chi connectivity index (χ3v) is 3.75. The van der Waals surface area contributed by atoms with Crippen LogP contribution in [0.15, 0.2) is 23.6 Å². The Labute approximate surface area is 121 Å². The van der Waals surface area contributed by atoms with E-state index in [2.05, 4.69) is 15.3 Å². The minimum absolute atomic E-state index is 0.266. The molecule has 2 heterocycles. The number of aryl methyl sites for hydroxylation is 1. The summed E-state index contributed by atoms with van der Waals surface area (Å²) >= 11 is 1.39. The van der Waals surface area contributed by atoms with Crippen LogP contribution in [0, 0.1) is 6.92 Å². The van der Waals surface area contributed by atoms with Crippen LogP contribution in [-0.2, 0) is 4.79 Å². The normalized spacial score (nSPS) is 12.4. The van der Waals surface area contributed by atoms with Crippen LogP contribution in [-0.4, -0.2) is 21.0 Å². The number of hydrogen-bond acceptors (Lipinski definition) is 5. The second-order valence-electron chi connectivity index (χ2n) is 4.84. The Morgan fingerprint density at radius 2 is 2.15 bits per heavy atom. The number of rotatable bonds is 5. The van der Waals surface area contributed by atoms with Crippen molar-refractivity contribution in [1.82, 2.24) is 9.97 Å². The van der Waals surface area contributed by atoms with Crippen molar-refractivity contribution in [3.63, 3.8) is 0 Å². The summed E-state index contributed by atoms with van der Waals surface area (Å²) in [7, 11) is 0. The zero-order valence-electron chi connectivity index (χ0n) is 11.6. The van der Waals surface area contributed by atoms with Gasteiger partial charge in [-0.1, -0.05) is 19.9 Å². The zero-order chi connectivity index (χ0) is 14.7. The second-order valence-corrected chi connectivity index (χ2v) is 5.82. The molecule has 2 aromatic heterocycles. The number of anilines is 1. The summed E-state index contributed by atoms with van der Waals surface area (Å²) in [5.74, 6) is -0.319. The number of carboxylic acid groups (broad SMARTS) is 1. The van der Waals surface area contributed by atoms with E-state index >= 15 is 0 Å². The summed E-state index contributed by atoms with van der Waals surface area (Å²) in [5, 5.41) is 14.1. The third-order valence-electron chi connectivity index (χ3n) is 2.81. The van der Waals surface area contributed by atoms with Crippen LogP contribution in [0.1, 0.15) is 42.1 Å².